The second-order valence-electron chi connectivity index (χ2n) is 6.66. The van der Waals surface area contributed by atoms with Crippen LogP contribution >= 0.6 is 0 Å². The number of aromatic nitrogens is 2. The molecule has 1 aromatic heterocycles. The Morgan fingerprint density at radius 1 is 1.29 bits per heavy atom. The number of methoxy groups -OCH3 is 1. The third-order valence-electron chi connectivity index (χ3n) is 4.87. The Hall–Kier alpha value is -2.94. The summed E-state index contributed by atoms with van der Waals surface area (Å²) >= 11 is 0. The Morgan fingerprint density at radius 2 is 2.00 bits per heavy atom. The zero-order valence-electron chi connectivity index (χ0n) is 15.8. The Balaban J connectivity index is 1.64. The van der Waals surface area contributed by atoms with E-state index in [1.54, 1.807) is 18.9 Å². The standard InChI is InChI=1S/C19H23FN4O4/c1-12-17-15(22-24(19(17)27)9-10-28-2)11-16(25)23(12)8-7-21-18(26)13-3-5-14(20)6-4-13/h3-6,12,22H,7-11H2,1-2H3,(H,21,26). The lowest BCUT2D eigenvalue weighted by Crippen LogP contribution is -2.44. The number of H-pyrrole nitrogens is 1. The zero-order valence-corrected chi connectivity index (χ0v) is 15.8. The molecule has 1 aromatic carbocycles. The van der Waals surface area contributed by atoms with Crippen molar-refractivity contribution in [2.24, 2.45) is 0 Å². The van der Waals surface area contributed by atoms with E-state index in [2.05, 4.69) is 10.4 Å². The van der Waals surface area contributed by atoms with Crippen LogP contribution < -0.4 is 10.9 Å². The number of amides is 2. The van der Waals surface area contributed by atoms with Crippen molar-refractivity contribution in [1.29, 1.82) is 0 Å². The topological polar surface area (TPSA) is 96.4 Å². The fraction of sp³-hybridized carbons (Fsp3) is 0.421. The van der Waals surface area contributed by atoms with Crippen molar-refractivity contribution >= 4 is 11.8 Å². The molecule has 0 spiro atoms. The average Bonchev–Trinajstić information content (AvgIpc) is 2.98. The van der Waals surface area contributed by atoms with E-state index in [-0.39, 0.29) is 36.9 Å². The number of carbonyl (C=O) groups is 2. The molecule has 28 heavy (non-hydrogen) atoms. The molecule has 0 radical (unpaired) electrons. The van der Waals surface area contributed by atoms with Crippen LogP contribution in [-0.2, 0) is 22.5 Å². The Labute approximate surface area is 161 Å². The van der Waals surface area contributed by atoms with Crippen molar-refractivity contribution in [1.82, 2.24) is 20.0 Å². The highest BCUT2D eigenvalue weighted by molar-refractivity contribution is 5.94. The zero-order chi connectivity index (χ0) is 20.3. The first-order chi connectivity index (χ1) is 13.4. The first-order valence-electron chi connectivity index (χ1n) is 9.06. The lowest BCUT2D eigenvalue weighted by molar-refractivity contribution is -0.133. The van der Waals surface area contributed by atoms with Gasteiger partial charge in [-0.05, 0) is 31.2 Å². The van der Waals surface area contributed by atoms with E-state index in [1.165, 1.54) is 28.9 Å². The van der Waals surface area contributed by atoms with Crippen molar-refractivity contribution in [3.63, 3.8) is 0 Å². The average molecular weight is 390 g/mol. The number of carbonyl (C=O) groups excluding carboxylic acids is 2. The van der Waals surface area contributed by atoms with Gasteiger partial charge in [0.25, 0.3) is 11.5 Å². The predicted molar refractivity (Wildman–Crippen MR) is 99.5 cm³/mol. The van der Waals surface area contributed by atoms with E-state index in [0.29, 0.717) is 30.0 Å². The molecule has 8 nitrogen and oxygen atoms in total. The number of hydrogen-bond acceptors (Lipinski definition) is 4. The summed E-state index contributed by atoms with van der Waals surface area (Å²) in [6.45, 7) is 3.07. The normalized spacial score (nSPS) is 16.2. The highest BCUT2D eigenvalue weighted by atomic mass is 19.1. The maximum atomic E-state index is 12.9. The summed E-state index contributed by atoms with van der Waals surface area (Å²) in [5.74, 6) is -0.875. The van der Waals surface area contributed by atoms with E-state index in [1.807, 2.05) is 0 Å². The smallest absolute Gasteiger partial charge is 0.272 e. The maximum Gasteiger partial charge on any atom is 0.272 e. The van der Waals surface area contributed by atoms with Gasteiger partial charge < -0.3 is 15.0 Å². The van der Waals surface area contributed by atoms with Crippen LogP contribution in [0.1, 0.15) is 34.6 Å². The maximum absolute atomic E-state index is 12.9. The minimum Gasteiger partial charge on any atom is -0.383 e. The van der Waals surface area contributed by atoms with Crippen LogP contribution in [0, 0.1) is 5.82 Å². The lowest BCUT2D eigenvalue weighted by Gasteiger charge is -2.32. The minimum atomic E-state index is -0.414. The Morgan fingerprint density at radius 3 is 2.68 bits per heavy atom. The van der Waals surface area contributed by atoms with Crippen molar-refractivity contribution in [3.8, 4) is 0 Å². The molecule has 2 heterocycles. The molecular weight excluding hydrogens is 367 g/mol. The molecule has 1 unspecified atom stereocenters. The van der Waals surface area contributed by atoms with Gasteiger partial charge in [-0.1, -0.05) is 0 Å². The number of aromatic amines is 1. The van der Waals surface area contributed by atoms with E-state index in [9.17, 15) is 18.8 Å². The second kappa shape index (κ2) is 8.39. The molecule has 9 heteroatoms. The molecular formula is C19H23FN4O4. The van der Waals surface area contributed by atoms with Gasteiger partial charge in [0.1, 0.15) is 5.82 Å². The van der Waals surface area contributed by atoms with E-state index >= 15 is 0 Å². The molecule has 0 bridgehead atoms. The molecule has 0 aliphatic carbocycles. The van der Waals surface area contributed by atoms with Crippen molar-refractivity contribution in [2.75, 3.05) is 26.8 Å². The molecule has 150 valence electrons. The first-order valence-corrected chi connectivity index (χ1v) is 9.06. The molecule has 0 fully saturated rings. The number of ether oxygens (including phenoxy) is 1. The minimum absolute atomic E-state index is 0.112. The van der Waals surface area contributed by atoms with Gasteiger partial charge in [-0.2, -0.15) is 0 Å². The summed E-state index contributed by atoms with van der Waals surface area (Å²) in [7, 11) is 1.56. The van der Waals surface area contributed by atoms with Gasteiger partial charge in [0.15, 0.2) is 0 Å². The number of hydrogen-bond donors (Lipinski definition) is 2. The van der Waals surface area contributed by atoms with Crippen LogP contribution in [0.3, 0.4) is 0 Å². The number of nitrogens with one attached hydrogen (secondary N) is 2. The largest absolute Gasteiger partial charge is 0.383 e. The summed E-state index contributed by atoms with van der Waals surface area (Å²) < 4.78 is 19.4. The summed E-state index contributed by atoms with van der Waals surface area (Å²) in [6.07, 6.45) is 0.112. The number of halogens is 1. The van der Waals surface area contributed by atoms with Gasteiger partial charge in [0.2, 0.25) is 5.91 Å². The van der Waals surface area contributed by atoms with Gasteiger partial charge in [-0.3, -0.25) is 24.2 Å². The summed E-state index contributed by atoms with van der Waals surface area (Å²) in [5, 5.41) is 5.71. The predicted octanol–water partition coefficient (Wildman–Crippen LogP) is 0.838. The molecule has 1 aliphatic heterocycles. The Bertz CT molecular complexity index is 919. The van der Waals surface area contributed by atoms with Crippen LogP contribution in [0.5, 0.6) is 0 Å². The summed E-state index contributed by atoms with van der Waals surface area (Å²) in [5.41, 5.74) is 1.38. The van der Waals surface area contributed by atoms with E-state index < -0.39 is 11.9 Å². The van der Waals surface area contributed by atoms with Gasteiger partial charge >= 0.3 is 0 Å². The monoisotopic (exact) mass is 390 g/mol. The molecule has 1 atom stereocenters. The molecule has 2 N–H and O–H groups in total. The summed E-state index contributed by atoms with van der Waals surface area (Å²) in [6, 6.07) is 4.83. The summed E-state index contributed by atoms with van der Waals surface area (Å²) in [4.78, 5) is 38.8. The van der Waals surface area contributed by atoms with Crippen LogP contribution in [0.15, 0.2) is 29.1 Å². The molecule has 2 amide bonds. The molecule has 0 saturated carbocycles. The van der Waals surface area contributed by atoms with Crippen molar-refractivity contribution in [3.05, 3.63) is 57.3 Å². The van der Waals surface area contributed by atoms with Crippen molar-refractivity contribution < 1.29 is 18.7 Å². The van der Waals surface area contributed by atoms with Gasteiger partial charge in [-0.15, -0.1) is 0 Å². The SMILES string of the molecule is COCCn1[nH]c2c(c1=O)C(C)N(CCNC(=O)c1ccc(F)cc1)C(=O)C2. The van der Waals surface area contributed by atoms with Crippen LogP contribution in [-0.4, -0.2) is 53.3 Å². The lowest BCUT2D eigenvalue weighted by atomic mass is 10.00. The fourth-order valence-electron chi connectivity index (χ4n) is 3.39. The van der Waals surface area contributed by atoms with Gasteiger partial charge in [-0.25, -0.2) is 4.39 Å². The number of rotatable bonds is 7. The van der Waals surface area contributed by atoms with Crippen LogP contribution in [0.4, 0.5) is 4.39 Å². The van der Waals surface area contributed by atoms with Gasteiger partial charge in [0, 0.05) is 25.8 Å². The third-order valence-corrected chi connectivity index (χ3v) is 4.87. The van der Waals surface area contributed by atoms with Gasteiger partial charge in [0.05, 0.1) is 36.9 Å². The highest BCUT2D eigenvalue weighted by Gasteiger charge is 2.33. The molecule has 2 aromatic rings. The molecule has 1 aliphatic rings. The molecule has 3 rings (SSSR count). The Kier molecular flexibility index (Phi) is 5.93. The number of fused-ring (bicyclic) bond motifs is 1. The highest BCUT2D eigenvalue weighted by Crippen LogP contribution is 2.26. The third kappa shape index (κ3) is 3.99. The van der Waals surface area contributed by atoms with Crippen molar-refractivity contribution in [2.45, 2.75) is 25.9 Å². The quantitative estimate of drug-likeness (QED) is 0.732. The fourth-order valence-corrected chi connectivity index (χ4v) is 3.39. The van der Waals surface area contributed by atoms with Crippen LogP contribution in [0.2, 0.25) is 0 Å². The van der Waals surface area contributed by atoms with Crippen LogP contribution in [0.25, 0.3) is 0 Å². The molecule has 0 saturated heterocycles. The second-order valence-corrected chi connectivity index (χ2v) is 6.66. The van der Waals surface area contributed by atoms with E-state index in [4.69, 9.17) is 4.74 Å². The van der Waals surface area contributed by atoms with E-state index in [0.717, 1.165) is 0 Å². The first kappa shape index (κ1) is 19.8. The number of nitrogens with zero attached hydrogens (tertiary/aromatic N) is 2. The number of benzene rings is 1.